The number of carbonyl (C=O) groups excluding carboxylic acids is 2. The predicted molar refractivity (Wildman–Crippen MR) is 76.4 cm³/mol. The Kier molecular flexibility index (Phi) is 4.32. The number of likely N-dealkylation sites (tertiary alicyclic amines) is 1. The Morgan fingerprint density at radius 3 is 2.67 bits per heavy atom. The zero-order valence-corrected chi connectivity index (χ0v) is 11.8. The summed E-state index contributed by atoms with van der Waals surface area (Å²) in [5.74, 6) is -1.69. The van der Waals surface area contributed by atoms with Crippen molar-refractivity contribution in [2.24, 2.45) is 5.73 Å². The van der Waals surface area contributed by atoms with Gasteiger partial charge in [0.1, 0.15) is 6.04 Å². The average Bonchev–Trinajstić information content (AvgIpc) is 2.87. The van der Waals surface area contributed by atoms with Gasteiger partial charge < -0.3 is 21.1 Å². The number of halogens is 1. The van der Waals surface area contributed by atoms with Gasteiger partial charge in [-0.05, 0) is 31.0 Å². The van der Waals surface area contributed by atoms with E-state index >= 15 is 0 Å². The molecule has 1 saturated heterocycles. The van der Waals surface area contributed by atoms with Crippen molar-refractivity contribution < 1.29 is 19.5 Å². The van der Waals surface area contributed by atoms with Crippen molar-refractivity contribution >= 4 is 35.2 Å². The summed E-state index contributed by atoms with van der Waals surface area (Å²) in [7, 11) is 0. The fourth-order valence-electron chi connectivity index (χ4n) is 2.27. The number of nitrogens with one attached hydrogen (secondary N) is 1. The number of carboxylic acids is 1. The number of hydrogen-bond acceptors (Lipinski definition) is 3. The fourth-order valence-corrected chi connectivity index (χ4v) is 2.53. The molecule has 0 radical (unpaired) electrons. The molecule has 0 bridgehead atoms. The largest absolute Gasteiger partial charge is 0.478 e. The number of anilines is 1. The summed E-state index contributed by atoms with van der Waals surface area (Å²) in [6.45, 7) is 0.445. The lowest BCUT2D eigenvalue weighted by Crippen LogP contribution is -2.45. The minimum absolute atomic E-state index is 0.0215. The van der Waals surface area contributed by atoms with E-state index in [4.69, 9.17) is 22.4 Å². The Morgan fingerprint density at radius 1 is 1.38 bits per heavy atom. The average molecular weight is 312 g/mol. The highest BCUT2D eigenvalue weighted by atomic mass is 35.5. The van der Waals surface area contributed by atoms with Crippen LogP contribution in [0.1, 0.15) is 23.2 Å². The molecule has 0 saturated carbocycles. The molecule has 112 valence electrons. The molecule has 3 amide bonds. The van der Waals surface area contributed by atoms with Gasteiger partial charge in [-0.3, -0.25) is 4.79 Å². The number of aromatic carboxylic acids is 1. The molecule has 1 atom stereocenters. The van der Waals surface area contributed by atoms with Gasteiger partial charge in [0.2, 0.25) is 5.91 Å². The lowest BCUT2D eigenvalue weighted by atomic mass is 10.2. The van der Waals surface area contributed by atoms with Crippen LogP contribution in [-0.2, 0) is 4.79 Å². The van der Waals surface area contributed by atoms with Crippen molar-refractivity contribution in [2.45, 2.75) is 18.9 Å². The van der Waals surface area contributed by atoms with Crippen molar-refractivity contribution in [1.29, 1.82) is 0 Å². The van der Waals surface area contributed by atoms with Gasteiger partial charge >= 0.3 is 12.0 Å². The van der Waals surface area contributed by atoms with Crippen molar-refractivity contribution in [3.63, 3.8) is 0 Å². The molecule has 1 heterocycles. The van der Waals surface area contributed by atoms with E-state index in [9.17, 15) is 14.4 Å². The zero-order valence-electron chi connectivity index (χ0n) is 11.0. The van der Waals surface area contributed by atoms with Gasteiger partial charge in [-0.25, -0.2) is 9.59 Å². The summed E-state index contributed by atoms with van der Waals surface area (Å²) >= 11 is 5.83. The number of carboxylic acid groups (broad SMARTS) is 1. The third kappa shape index (κ3) is 3.25. The van der Waals surface area contributed by atoms with Crippen LogP contribution in [-0.4, -0.2) is 40.5 Å². The predicted octanol–water partition coefficient (Wildman–Crippen LogP) is 1.52. The Bertz CT molecular complexity index is 605. The van der Waals surface area contributed by atoms with E-state index < -0.39 is 23.9 Å². The summed E-state index contributed by atoms with van der Waals surface area (Å²) in [5.41, 5.74) is 5.55. The topological polar surface area (TPSA) is 113 Å². The van der Waals surface area contributed by atoms with Crippen molar-refractivity contribution in [3.8, 4) is 0 Å². The summed E-state index contributed by atoms with van der Waals surface area (Å²) in [6.07, 6.45) is 1.25. The molecule has 8 heteroatoms. The fraction of sp³-hybridized carbons (Fsp3) is 0.308. The van der Waals surface area contributed by atoms with E-state index in [1.165, 1.54) is 23.1 Å². The van der Waals surface area contributed by atoms with Crippen LogP contribution in [0.3, 0.4) is 0 Å². The van der Waals surface area contributed by atoms with Crippen LogP contribution >= 0.6 is 11.6 Å². The first-order valence-corrected chi connectivity index (χ1v) is 6.67. The minimum atomic E-state index is -1.15. The van der Waals surface area contributed by atoms with E-state index in [1.807, 2.05) is 0 Å². The van der Waals surface area contributed by atoms with Crippen LogP contribution in [0.15, 0.2) is 18.2 Å². The second-order valence-electron chi connectivity index (χ2n) is 4.68. The van der Waals surface area contributed by atoms with Crippen LogP contribution in [0.25, 0.3) is 0 Å². The lowest BCUT2D eigenvalue weighted by molar-refractivity contribution is -0.121. The first-order valence-electron chi connectivity index (χ1n) is 6.30. The lowest BCUT2D eigenvalue weighted by Gasteiger charge is -2.22. The first kappa shape index (κ1) is 15.1. The molecule has 0 aromatic heterocycles. The molecule has 1 unspecified atom stereocenters. The van der Waals surface area contributed by atoms with Gasteiger partial charge in [-0.1, -0.05) is 11.6 Å². The van der Waals surface area contributed by atoms with E-state index in [2.05, 4.69) is 5.32 Å². The van der Waals surface area contributed by atoms with E-state index in [1.54, 1.807) is 0 Å². The molecule has 4 N–H and O–H groups in total. The summed E-state index contributed by atoms with van der Waals surface area (Å²) in [6, 6.07) is 3.01. The quantitative estimate of drug-likeness (QED) is 0.785. The van der Waals surface area contributed by atoms with Crippen LogP contribution in [0, 0.1) is 0 Å². The smallest absolute Gasteiger partial charge is 0.337 e. The number of primary amides is 1. The monoisotopic (exact) mass is 311 g/mol. The maximum Gasteiger partial charge on any atom is 0.337 e. The Labute approximate surface area is 125 Å². The minimum Gasteiger partial charge on any atom is -0.478 e. The number of hydrogen-bond donors (Lipinski definition) is 3. The molecule has 7 nitrogen and oxygen atoms in total. The summed E-state index contributed by atoms with van der Waals surface area (Å²) in [4.78, 5) is 35.6. The van der Waals surface area contributed by atoms with Crippen molar-refractivity contribution in [3.05, 3.63) is 28.8 Å². The van der Waals surface area contributed by atoms with Gasteiger partial charge in [0.15, 0.2) is 0 Å². The van der Waals surface area contributed by atoms with Gasteiger partial charge in [0.25, 0.3) is 0 Å². The number of nitrogens with two attached hydrogens (primary N) is 1. The molecule has 0 aliphatic carbocycles. The van der Waals surface area contributed by atoms with Gasteiger partial charge in [0.05, 0.1) is 10.6 Å². The van der Waals surface area contributed by atoms with E-state index in [0.29, 0.717) is 25.1 Å². The molecular formula is C13H14ClN3O4. The molecule has 1 aromatic carbocycles. The molecule has 0 spiro atoms. The van der Waals surface area contributed by atoms with Gasteiger partial charge in [-0.15, -0.1) is 0 Å². The SMILES string of the molecule is NC(=O)C1CCCN1C(=O)Nc1ccc(C(=O)O)c(Cl)c1. The number of carbonyl (C=O) groups is 3. The normalized spacial score (nSPS) is 17.6. The van der Waals surface area contributed by atoms with Gasteiger partial charge in [0, 0.05) is 12.2 Å². The molecule has 1 aliphatic rings. The van der Waals surface area contributed by atoms with E-state index in [0.717, 1.165) is 0 Å². The molecule has 2 rings (SSSR count). The third-order valence-corrected chi connectivity index (χ3v) is 3.61. The molecule has 21 heavy (non-hydrogen) atoms. The molecular weight excluding hydrogens is 298 g/mol. The van der Waals surface area contributed by atoms with Crippen LogP contribution in [0.2, 0.25) is 5.02 Å². The highest BCUT2D eigenvalue weighted by molar-refractivity contribution is 6.33. The second-order valence-corrected chi connectivity index (χ2v) is 5.09. The second kappa shape index (κ2) is 6.01. The number of nitrogens with zero attached hydrogens (tertiary/aromatic N) is 1. The number of urea groups is 1. The third-order valence-electron chi connectivity index (χ3n) is 3.29. The number of amides is 3. The van der Waals surface area contributed by atoms with Crippen molar-refractivity contribution in [2.75, 3.05) is 11.9 Å². The number of benzene rings is 1. The molecule has 1 aromatic rings. The van der Waals surface area contributed by atoms with E-state index in [-0.39, 0.29) is 10.6 Å². The van der Waals surface area contributed by atoms with Crippen LogP contribution < -0.4 is 11.1 Å². The first-order chi connectivity index (χ1) is 9.90. The maximum absolute atomic E-state index is 12.1. The summed E-state index contributed by atoms with van der Waals surface area (Å²) in [5, 5.41) is 11.5. The summed E-state index contributed by atoms with van der Waals surface area (Å²) < 4.78 is 0. The highest BCUT2D eigenvalue weighted by Crippen LogP contribution is 2.23. The zero-order chi connectivity index (χ0) is 15.6. The standard InChI is InChI=1S/C13H14ClN3O4/c14-9-6-7(3-4-8(9)12(19)20)16-13(21)17-5-1-2-10(17)11(15)18/h3-4,6,10H,1-2,5H2,(H2,15,18)(H,16,21)(H,19,20). The Hall–Kier alpha value is -2.28. The van der Waals surface area contributed by atoms with Gasteiger partial charge in [-0.2, -0.15) is 0 Å². The maximum atomic E-state index is 12.1. The Balaban J connectivity index is 2.11. The van der Waals surface area contributed by atoms with Crippen LogP contribution in [0.5, 0.6) is 0 Å². The Morgan fingerprint density at radius 2 is 2.10 bits per heavy atom. The number of rotatable bonds is 3. The van der Waals surface area contributed by atoms with Crippen molar-refractivity contribution in [1.82, 2.24) is 4.90 Å². The molecule has 1 aliphatic heterocycles. The highest BCUT2D eigenvalue weighted by Gasteiger charge is 2.32. The van der Waals surface area contributed by atoms with Crippen LogP contribution in [0.4, 0.5) is 10.5 Å². The molecule has 1 fully saturated rings.